The summed E-state index contributed by atoms with van der Waals surface area (Å²) in [5.41, 5.74) is 0.415. The smallest absolute Gasteiger partial charge is 0.254 e. The van der Waals surface area contributed by atoms with E-state index in [1.54, 1.807) is 23.1 Å². The number of amides is 2. The number of para-hydroxylation sites is 1. The van der Waals surface area contributed by atoms with Crippen LogP contribution in [0.25, 0.3) is 0 Å². The van der Waals surface area contributed by atoms with Crippen molar-refractivity contribution in [2.24, 2.45) is 0 Å². The number of rotatable bonds is 2. The molecule has 2 aliphatic heterocycles. The van der Waals surface area contributed by atoms with Gasteiger partial charge in [-0.15, -0.1) is 0 Å². The Morgan fingerprint density at radius 2 is 1.91 bits per heavy atom. The van der Waals surface area contributed by atoms with Gasteiger partial charge in [-0.3, -0.25) is 9.59 Å². The maximum atomic E-state index is 14.0. The van der Waals surface area contributed by atoms with Crippen molar-refractivity contribution < 1.29 is 23.5 Å². The van der Waals surface area contributed by atoms with E-state index in [1.165, 1.54) is 6.07 Å². The molecule has 1 saturated heterocycles. The molecule has 7 heteroatoms. The number of benzene rings is 2. The first-order chi connectivity index (χ1) is 15.6. The maximum absolute atomic E-state index is 14.0. The fraction of sp³-hybridized carbons (Fsp3) is 0.440. The Hall–Kier alpha value is -2.93. The lowest BCUT2D eigenvalue weighted by atomic mass is 9.91. The molecular formula is C25H29FN2O4. The highest BCUT2D eigenvalue weighted by molar-refractivity contribution is 5.87. The van der Waals surface area contributed by atoms with Gasteiger partial charge in [-0.1, -0.05) is 36.4 Å². The SMILES string of the molecule is O=C(Cc1ccccc1F)N1CCOC2(CCCCc3ccccc3OCCNC2=O)C1. The highest BCUT2D eigenvalue weighted by Gasteiger charge is 2.44. The summed E-state index contributed by atoms with van der Waals surface area (Å²) in [4.78, 5) is 27.7. The van der Waals surface area contributed by atoms with E-state index >= 15 is 0 Å². The van der Waals surface area contributed by atoms with Crippen LogP contribution in [0.2, 0.25) is 0 Å². The zero-order valence-corrected chi connectivity index (χ0v) is 18.1. The summed E-state index contributed by atoms with van der Waals surface area (Å²) in [6.07, 6.45) is 2.99. The molecule has 1 fully saturated rings. The van der Waals surface area contributed by atoms with E-state index in [0.29, 0.717) is 31.7 Å². The molecule has 170 valence electrons. The number of ether oxygens (including phenoxy) is 2. The monoisotopic (exact) mass is 440 g/mol. The number of nitrogens with one attached hydrogen (secondary N) is 1. The summed E-state index contributed by atoms with van der Waals surface area (Å²) in [7, 11) is 0. The molecule has 1 N–H and O–H groups in total. The van der Waals surface area contributed by atoms with Crippen molar-refractivity contribution in [1.29, 1.82) is 0 Å². The van der Waals surface area contributed by atoms with Gasteiger partial charge >= 0.3 is 0 Å². The van der Waals surface area contributed by atoms with Crippen LogP contribution in [0.4, 0.5) is 4.39 Å². The van der Waals surface area contributed by atoms with Gasteiger partial charge < -0.3 is 19.7 Å². The number of hydrogen-bond acceptors (Lipinski definition) is 4. The molecule has 2 aliphatic rings. The Kier molecular flexibility index (Phi) is 7.05. The van der Waals surface area contributed by atoms with Crippen LogP contribution >= 0.6 is 0 Å². The summed E-state index contributed by atoms with van der Waals surface area (Å²) in [5, 5.41) is 2.92. The number of carbonyl (C=O) groups excluding carboxylic acids is 2. The average molecular weight is 441 g/mol. The van der Waals surface area contributed by atoms with Crippen LogP contribution in [-0.4, -0.2) is 55.2 Å². The zero-order valence-electron chi connectivity index (χ0n) is 18.1. The van der Waals surface area contributed by atoms with Crippen molar-refractivity contribution in [3.8, 4) is 5.75 Å². The van der Waals surface area contributed by atoms with E-state index in [0.717, 1.165) is 30.6 Å². The molecule has 1 atom stereocenters. The van der Waals surface area contributed by atoms with Crippen molar-refractivity contribution in [3.63, 3.8) is 0 Å². The first kappa shape index (κ1) is 22.3. The molecule has 2 aromatic carbocycles. The number of halogens is 1. The fourth-order valence-electron chi connectivity index (χ4n) is 4.38. The van der Waals surface area contributed by atoms with E-state index < -0.39 is 11.4 Å². The second kappa shape index (κ2) is 10.1. The Bertz CT molecular complexity index is 966. The predicted octanol–water partition coefficient (Wildman–Crippen LogP) is 2.89. The zero-order chi connectivity index (χ0) is 22.4. The lowest BCUT2D eigenvalue weighted by Gasteiger charge is -2.42. The molecule has 2 amide bonds. The van der Waals surface area contributed by atoms with Crippen LogP contribution in [-0.2, 0) is 27.2 Å². The van der Waals surface area contributed by atoms with Crippen molar-refractivity contribution in [2.75, 3.05) is 32.8 Å². The van der Waals surface area contributed by atoms with E-state index in [-0.39, 0.29) is 31.4 Å². The Labute approximate surface area is 187 Å². The van der Waals surface area contributed by atoms with Crippen molar-refractivity contribution in [3.05, 3.63) is 65.5 Å². The van der Waals surface area contributed by atoms with E-state index in [2.05, 4.69) is 11.4 Å². The number of aryl methyl sites for hydroxylation is 1. The second-order valence-electron chi connectivity index (χ2n) is 8.35. The van der Waals surface area contributed by atoms with Crippen molar-refractivity contribution in [1.82, 2.24) is 10.2 Å². The van der Waals surface area contributed by atoms with Gasteiger partial charge in [0.25, 0.3) is 5.91 Å². The lowest BCUT2D eigenvalue weighted by molar-refractivity contribution is -0.167. The number of nitrogens with zero attached hydrogens (tertiary/aromatic N) is 1. The van der Waals surface area contributed by atoms with Gasteiger partial charge in [0.15, 0.2) is 5.60 Å². The van der Waals surface area contributed by atoms with Crippen LogP contribution < -0.4 is 10.1 Å². The number of fused-ring (bicyclic) bond motifs is 1. The molecule has 1 spiro atoms. The van der Waals surface area contributed by atoms with E-state index in [4.69, 9.17) is 9.47 Å². The normalized spacial score (nSPS) is 22.2. The van der Waals surface area contributed by atoms with E-state index in [1.807, 2.05) is 18.2 Å². The number of hydrogen-bond donors (Lipinski definition) is 1. The molecule has 0 aliphatic carbocycles. The summed E-state index contributed by atoms with van der Waals surface area (Å²) in [5.74, 6) is 0.0380. The molecule has 0 aromatic heterocycles. The number of carbonyl (C=O) groups is 2. The van der Waals surface area contributed by atoms with Gasteiger partial charge in [-0.2, -0.15) is 0 Å². The average Bonchev–Trinajstić information content (AvgIpc) is 2.81. The van der Waals surface area contributed by atoms with Gasteiger partial charge in [0.2, 0.25) is 5.91 Å². The van der Waals surface area contributed by atoms with Crippen molar-refractivity contribution >= 4 is 11.8 Å². The Morgan fingerprint density at radius 1 is 1.09 bits per heavy atom. The summed E-state index contributed by atoms with van der Waals surface area (Å²) < 4.78 is 25.9. The van der Waals surface area contributed by atoms with E-state index in [9.17, 15) is 14.0 Å². The minimum absolute atomic E-state index is 0.0327. The molecule has 2 aromatic rings. The molecule has 0 radical (unpaired) electrons. The maximum Gasteiger partial charge on any atom is 0.254 e. The van der Waals surface area contributed by atoms with Gasteiger partial charge in [-0.05, 0) is 48.9 Å². The topological polar surface area (TPSA) is 67.9 Å². The molecule has 0 bridgehead atoms. The van der Waals surface area contributed by atoms with Crippen LogP contribution in [0, 0.1) is 5.82 Å². The summed E-state index contributed by atoms with van der Waals surface area (Å²) >= 11 is 0. The van der Waals surface area contributed by atoms with Gasteiger partial charge in [0.05, 0.1) is 26.1 Å². The third-order valence-corrected chi connectivity index (χ3v) is 6.15. The minimum atomic E-state index is -1.10. The highest BCUT2D eigenvalue weighted by atomic mass is 19.1. The van der Waals surface area contributed by atoms with Crippen LogP contribution in [0.5, 0.6) is 5.75 Å². The molecule has 0 saturated carbocycles. The third kappa shape index (κ3) is 5.10. The van der Waals surface area contributed by atoms with Gasteiger partial charge in [0.1, 0.15) is 18.2 Å². The van der Waals surface area contributed by atoms with Gasteiger partial charge in [0, 0.05) is 6.54 Å². The Morgan fingerprint density at radius 3 is 2.78 bits per heavy atom. The van der Waals surface area contributed by atoms with Gasteiger partial charge in [-0.25, -0.2) is 4.39 Å². The first-order valence-electron chi connectivity index (χ1n) is 11.2. The first-order valence-corrected chi connectivity index (χ1v) is 11.2. The Balaban J connectivity index is 1.46. The van der Waals surface area contributed by atoms with Crippen molar-refractivity contribution in [2.45, 2.75) is 37.7 Å². The molecule has 1 unspecified atom stereocenters. The minimum Gasteiger partial charge on any atom is -0.491 e. The standard InChI is InChI=1S/C25H29FN2O4/c26-21-10-3-1-9-20(21)17-23(29)28-14-16-32-25(18-28)12-6-5-8-19-7-2-4-11-22(19)31-15-13-27-24(25)30/h1-4,7,9-11H,5-6,8,12-18H2,(H,27,30). The fourth-order valence-corrected chi connectivity index (χ4v) is 4.38. The van der Waals surface area contributed by atoms with Crippen LogP contribution in [0.1, 0.15) is 30.4 Å². The molecular weight excluding hydrogens is 411 g/mol. The molecule has 32 heavy (non-hydrogen) atoms. The molecule has 4 rings (SSSR count). The summed E-state index contributed by atoms with van der Waals surface area (Å²) in [6, 6.07) is 14.2. The summed E-state index contributed by atoms with van der Waals surface area (Å²) in [6.45, 7) is 1.54. The quantitative estimate of drug-likeness (QED) is 0.780. The predicted molar refractivity (Wildman–Crippen MR) is 118 cm³/mol. The number of morpholine rings is 1. The van der Waals surface area contributed by atoms with Crippen LogP contribution in [0.3, 0.4) is 0 Å². The largest absolute Gasteiger partial charge is 0.491 e. The molecule has 2 heterocycles. The lowest BCUT2D eigenvalue weighted by Crippen LogP contribution is -2.61. The van der Waals surface area contributed by atoms with Crippen LogP contribution in [0.15, 0.2) is 48.5 Å². The highest BCUT2D eigenvalue weighted by Crippen LogP contribution is 2.28. The second-order valence-corrected chi connectivity index (χ2v) is 8.35. The molecule has 6 nitrogen and oxygen atoms in total. The third-order valence-electron chi connectivity index (χ3n) is 6.15.